The number of aromatic nitrogens is 2. The van der Waals surface area contributed by atoms with Gasteiger partial charge in [0.05, 0.1) is 11.6 Å². The van der Waals surface area contributed by atoms with Crippen LogP contribution in [0.15, 0.2) is 48.8 Å². The molecule has 1 atom stereocenters. The Bertz CT molecular complexity index is 1070. The van der Waals surface area contributed by atoms with Crippen molar-refractivity contribution in [2.45, 2.75) is 53.2 Å². The SMILES string of the molecule is Cc1ccc(-c2cc(C(=O)N[C@H](C)c3cnc(C)nc3)cc(C(C)(C)O)c2)c(C)c1. The van der Waals surface area contributed by atoms with Crippen molar-refractivity contribution in [1.82, 2.24) is 15.3 Å². The molecular weight excluding hydrogens is 374 g/mol. The van der Waals surface area contributed by atoms with E-state index in [2.05, 4.69) is 47.3 Å². The summed E-state index contributed by atoms with van der Waals surface area (Å²) < 4.78 is 0. The number of carbonyl (C=O) groups excluding carboxylic acids is 1. The fourth-order valence-electron chi connectivity index (χ4n) is 3.39. The maximum atomic E-state index is 13.1. The van der Waals surface area contributed by atoms with Gasteiger partial charge in [-0.1, -0.05) is 23.8 Å². The first-order chi connectivity index (χ1) is 14.0. The first-order valence-corrected chi connectivity index (χ1v) is 10.1. The Labute approximate surface area is 178 Å². The van der Waals surface area contributed by atoms with Gasteiger partial charge in [-0.05, 0) is 82.0 Å². The van der Waals surface area contributed by atoms with E-state index in [0.717, 1.165) is 22.3 Å². The minimum Gasteiger partial charge on any atom is -0.386 e. The van der Waals surface area contributed by atoms with Gasteiger partial charge >= 0.3 is 0 Å². The van der Waals surface area contributed by atoms with Crippen LogP contribution in [0.3, 0.4) is 0 Å². The van der Waals surface area contributed by atoms with Gasteiger partial charge in [0.25, 0.3) is 5.91 Å². The monoisotopic (exact) mass is 403 g/mol. The summed E-state index contributed by atoms with van der Waals surface area (Å²) in [4.78, 5) is 21.5. The van der Waals surface area contributed by atoms with Crippen molar-refractivity contribution >= 4 is 5.91 Å². The summed E-state index contributed by atoms with van der Waals surface area (Å²) in [6, 6.07) is 11.6. The highest BCUT2D eigenvalue weighted by Crippen LogP contribution is 2.30. The zero-order valence-electron chi connectivity index (χ0n) is 18.4. The lowest BCUT2D eigenvalue weighted by Gasteiger charge is -2.21. The molecule has 0 radical (unpaired) electrons. The molecule has 5 heteroatoms. The van der Waals surface area contributed by atoms with Crippen molar-refractivity contribution in [3.05, 3.63) is 82.4 Å². The topological polar surface area (TPSA) is 75.1 Å². The summed E-state index contributed by atoms with van der Waals surface area (Å²) in [6.07, 6.45) is 3.45. The summed E-state index contributed by atoms with van der Waals surface area (Å²) in [6.45, 7) is 11.3. The van der Waals surface area contributed by atoms with Gasteiger partial charge in [-0.2, -0.15) is 0 Å². The number of rotatable bonds is 5. The molecule has 0 unspecified atom stereocenters. The van der Waals surface area contributed by atoms with Gasteiger partial charge in [0.1, 0.15) is 5.82 Å². The van der Waals surface area contributed by atoms with E-state index in [1.54, 1.807) is 32.3 Å². The van der Waals surface area contributed by atoms with E-state index in [9.17, 15) is 9.90 Å². The summed E-state index contributed by atoms with van der Waals surface area (Å²) in [5.41, 5.74) is 5.22. The Kier molecular flexibility index (Phi) is 6.04. The van der Waals surface area contributed by atoms with Crippen molar-refractivity contribution in [1.29, 1.82) is 0 Å². The number of hydrogen-bond donors (Lipinski definition) is 2. The highest BCUT2D eigenvalue weighted by atomic mass is 16.3. The van der Waals surface area contributed by atoms with Crippen molar-refractivity contribution < 1.29 is 9.90 Å². The van der Waals surface area contributed by atoms with E-state index in [4.69, 9.17) is 0 Å². The molecule has 0 saturated carbocycles. The molecule has 3 rings (SSSR count). The Balaban J connectivity index is 1.98. The Morgan fingerprint density at radius 3 is 2.30 bits per heavy atom. The first-order valence-electron chi connectivity index (χ1n) is 10.1. The quantitative estimate of drug-likeness (QED) is 0.642. The minimum absolute atomic E-state index is 0.208. The zero-order chi connectivity index (χ0) is 22.1. The number of nitrogens with zero attached hydrogens (tertiary/aromatic N) is 2. The molecule has 1 aromatic heterocycles. The second kappa shape index (κ2) is 8.36. The largest absolute Gasteiger partial charge is 0.386 e. The molecule has 0 bridgehead atoms. The van der Waals surface area contributed by atoms with E-state index in [1.165, 1.54) is 5.56 Å². The molecule has 156 valence electrons. The van der Waals surface area contributed by atoms with Gasteiger partial charge in [0, 0.05) is 23.5 Å². The van der Waals surface area contributed by atoms with Crippen LogP contribution in [-0.2, 0) is 5.60 Å². The number of nitrogens with one attached hydrogen (secondary N) is 1. The first kappa shape index (κ1) is 21.7. The van der Waals surface area contributed by atoms with Gasteiger partial charge in [-0.25, -0.2) is 9.97 Å². The lowest BCUT2D eigenvalue weighted by atomic mass is 9.90. The normalized spacial score (nSPS) is 12.5. The van der Waals surface area contributed by atoms with Crippen LogP contribution in [0.4, 0.5) is 0 Å². The molecule has 0 fully saturated rings. The third-order valence-corrected chi connectivity index (χ3v) is 5.24. The van der Waals surface area contributed by atoms with Crippen molar-refractivity contribution in [2.75, 3.05) is 0 Å². The molecule has 0 aliphatic heterocycles. The predicted octanol–water partition coefficient (Wildman–Crippen LogP) is 4.79. The maximum Gasteiger partial charge on any atom is 0.251 e. The Morgan fingerprint density at radius 1 is 1.03 bits per heavy atom. The van der Waals surface area contributed by atoms with Crippen LogP contribution in [0.25, 0.3) is 11.1 Å². The molecule has 2 aromatic carbocycles. The zero-order valence-corrected chi connectivity index (χ0v) is 18.4. The molecule has 30 heavy (non-hydrogen) atoms. The molecule has 5 nitrogen and oxygen atoms in total. The minimum atomic E-state index is -1.07. The van der Waals surface area contributed by atoms with Gasteiger partial charge in [0.2, 0.25) is 0 Å². The average molecular weight is 404 g/mol. The highest BCUT2D eigenvalue weighted by Gasteiger charge is 2.21. The Morgan fingerprint density at radius 2 is 1.70 bits per heavy atom. The fourth-order valence-corrected chi connectivity index (χ4v) is 3.39. The maximum absolute atomic E-state index is 13.1. The van der Waals surface area contributed by atoms with Gasteiger partial charge in [-0.3, -0.25) is 4.79 Å². The molecule has 0 aliphatic rings. The summed E-state index contributed by atoms with van der Waals surface area (Å²) in [5, 5.41) is 13.6. The lowest BCUT2D eigenvalue weighted by Crippen LogP contribution is -2.27. The predicted molar refractivity (Wildman–Crippen MR) is 119 cm³/mol. The molecule has 0 aliphatic carbocycles. The van der Waals surface area contributed by atoms with Gasteiger partial charge in [-0.15, -0.1) is 0 Å². The van der Waals surface area contributed by atoms with Crippen LogP contribution >= 0.6 is 0 Å². The second-order valence-corrected chi connectivity index (χ2v) is 8.44. The highest BCUT2D eigenvalue weighted by molar-refractivity contribution is 5.96. The second-order valence-electron chi connectivity index (χ2n) is 8.44. The van der Waals surface area contributed by atoms with Gasteiger partial charge in [0.15, 0.2) is 0 Å². The molecule has 1 amide bonds. The number of carbonyl (C=O) groups is 1. The number of hydrogen-bond acceptors (Lipinski definition) is 4. The standard InChI is InChI=1S/C25H29N3O2/c1-15-7-8-23(16(2)9-15)19-10-20(12-22(11-19)25(5,6)30)24(29)28-17(3)21-13-26-18(4)27-14-21/h7-14,17,30H,1-6H3,(H,28,29)/t17-/m1/s1. The van der Waals surface area contributed by atoms with Crippen molar-refractivity contribution in [3.63, 3.8) is 0 Å². The van der Waals surface area contributed by atoms with Crippen LogP contribution in [0, 0.1) is 20.8 Å². The fraction of sp³-hybridized carbons (Fsp3) is 0.320. The van der Waals surface area contributed by atoms with E-state index >= 15 is 0 Å². The smallest absolute Gasteiger partial charge is 0.251 e. The number of aliphatic hydroxyl groups is 1. The van der Waals surface area contributed by atoms with E-state index in [0.29, 0.717) is 17.0 Å². The lowest BCUT2D eigenvalue weighted by molar-refractivity contribution is 0.0784. The van der Waals surface area contributed by atoms with Crippen LogP contribution < -0.4 is 5.32 Å². The Hall–Kier alpha value is -3.05. The molecule has 0 saturated heterocycles. The van der Waals surface area contributed by atoms with E-state index in [-0.39, 0.29) is 11.9 Å². The summed E-state index contributed by atoms with van der Waals surface area (Å²) in [7, 11) is 0. The molecule has 1 heterocycles. The summed E-state index contributed by atoms with van der Waals surface area (Å²) >= 11 is 0. The van der Waals surface area contributed by atoms with E-state index < -0.39 is 5.60 Å². The van der Waals surface area contributed by atoms with Gasteiger partial charge < -0.3 is 10.4 Å². The van der Waals surface area contributed by atoms with Crippen LogP contribution in [-0.4, -0.2) is 21.0 Å². The summed E-state index contributed by atoms with van der Waals surface area (Å²) in [5.74, 6) is 0.480. The molecule has 0 spiro atoms. The van der Waals surface area contributed by atoms with E-state index in [1.807, 2.05) is 26.0 Å². The average Bonchev–Trinajstić information content (AvgIpc) is 2.67. The number of amides is 1. The molecular formula is C25H29N3O2. The third-order valence-electron chi connectivity index (χ3n) is 5.24. The van der Waals surface area contributed by atoms with Crippen LogP contribution in [0.1, 0.15) is 65.2 Å². The van der Waals surface area contributed by atoms with Crippen LogP contribution in [0.2, 0.25) is 0 Å². The number of aryl methyl sites for hydroxylation is 3. The molecule has 2 N–H and O–H groups in total. The third kappa shape index (κ3) is 4.92. The number of benzene rings is 2. The molecule has 3 aromatic rings. The van der Waals surface area contributed by atoms with Crippen LogP contribution in [0.5, 0.6) is 0 Å². The van der Waals surface area contributed by atoms with Crippen molar-refractivity contribution in [2.24, 2.45) is 0 Å². The van der Waals surface area contributed by atoms with Crippen molar-refractivity contribution in [3.8, 4) is 11.1 Å².